The van der Waals surface area contributed by atoms with Crippen molar-refractivity contribution < 1.29 is 19.0 Å². The topological polar surface area (TPSA) is 46.5 Å². The Morgan fingerprint density at radius 2 is 2.00 bits per heavy atom. The number of benzene rings is 1. The molecule has 0 aliphatic heterocycles. The van der Waals surface area contributed by atoms with Crippen molar-refractivity contribution in [3.05, 3.63) is 29.6 Å². The van der Waals surface area contributed by atoms with Gasteiger partial charge >= 0.3 is 5.97 Å². The molecule has 1 aromatic carbocycles. The van der Waals surface area contributed by atoms with Gasteiger partial charge in [-0.2, -0.15) is 0 Å². The normalized spacial score (nSPS) is 18.3. The van der Waals surface area contributed by atoms with E-state index in [4.69, 9.17) is 9.84 Å². The molecule has 1 aliphatic carbocycles. The molecular formula is C14H17FO3. The molecule has 1 aromatic rings. The number of ether oxygens (including phenoxy) is 1. The molecule has 2 rings (SSSR count). The van der Waals surface area contributed by atoms with Crippen molar-refractivity contribution in [3.8, 4) is 5.75 Å². The lowest BCUT2D eigenvalue weighted by molar-refractivity contribution is 0.0448. The highest BCUT2D eigenvalue weighted by molar-refractivity contribution is 5.91. The maximum atomic E-state index is 13.5. The fourth-order valence-corrected chi connectivity index (χ4v) is 2.46. The largest absolute Gasteiger partial charge is 0.487 e. The zero-order valence-corrected chi connectivity index (χ0v) is 10.4. The van der Waals surface area contributed by atoms with Crippen LogP contribution in [0.1, 0.15) is 49.4 Å². The maximum absolute atomic E-state index is 13.5. The van der Waals surface area contributed by atoms with Crippen LogP contribution < -0.4 is 4.74 Å². The van der Waals surface area contributed by atoms with E-state index in [-0.39, 0.29) is 16.9 Å². The molecule has 0 atom stereocenters. The van der Waals surface area contributed by atoms with Gasteiger partial charge in [-0.05, 0) is 44.7 Å². The lowest BCUT2D eigenvalue weighted by Gasteiger charge is -2.34. The Bertz CT molecular complexity index is 450. The molecule has 0 radical (unpaired) electrons. The SMILES string of the molecule is CC1(Oc2cccc(F)c2C(=O)O)CCCCC1. The average Bonchev–Trinajstić information content (AvgIpc) is 2.28. The highest BCUT2D eigenvalue weighted by Crippen LogP contribution is 2.34. The summed E-state index contributed by atoms with van der Waals surface area (Å²) in [5.74, 6) is -1.91. The van der Waals surface area contributed by atoms with Crippen LogP contribution >= 0.6 is 0 Å². The summed E-state index contributed by atoms with van der Waals surface area (Å²) in [6.45, 7) is 1.96. The van der Waals surface area contributed by atoms with E-state index in [2.05, 4.69) is 0 Å². The molecule has 0 unspecified atom stereocenters. The first kappa shape index (κ1) is 12.9. The number of hydrogen-bond acceptors (Lipinski definition) is 2. The average molecular weight is 252 g/mol. The van der Waals surface area contributed by atoms with Crippen LogP contribution in [0, 0.1) is 5.82 Å². The Morgan fingerprint density at radius 1 is 1.33 bits per heavy atom. The minimum absolute atomic E-state index is 0.131. The molecule has 0 amide bonds. The summed E-state index contributed by atoms with van der Waals surface area (Å²) >= 11 is 0. The van der Waals surface area contributed by atoms with Crippen molar-refractivity contribution in [1.82, 2.24) is 0 Å². The minimum Gasteiger partial charge on any atom is -0.487 e. The summed E-state index contributed by atoms with van der Waals surface area (Å²) in [6.07, 6.45) is 5.06. The fourth-order valence-electron chi connectivity index (χ4n) is 2.46. The molecule has 1 saturated carbocycles. The van der Waals surface area contributed by atoms with Gasteiger partial charge in [-0.15, -0.1) is 0 Å². The third-order valence-corrected chi connectivity index (χ3v) is 3.46. The van der Waals surface area contributed by atoms with Crippen LogP contribution in [0.15, 0.2) is 18.2 Å². The van der Waals surface area contributed by atoms with Crippen LogP contribution in [-0.2, 0) is 0 Å². The molecule has 0 heterocycles. The maximum Gasteiger partial charge on any atom is 0.342 e. The smallest absolute Gasteiger partial charge is 0.342 e. The van der Waals surface area contributed by atoms with Gasteiger partial charge in [0.05, 0.1) is 0 Å². The zero-order chi connectivity index (χ0) is 13.2. The summed E-state index contributed by atoms with van der Waals surface area (Å²) in [7, 11) is 0. The number of aromatic carboxylic acids is 1. The number of halogens is 1. The molecular weight excluding hydrogens is 235 g/mol. The van der Waals surface area contributed by atoms with Crippen molar-refractivity contribution >= 4 is 5.97 Å². The Labute approximate surface area is 106 Å². The van der Waals surface area contributed by atoms with Gasteiger partial charge in [0.2, 0.25) is 0 Å². The van der Waals surface area contributed by atoms with Crippen molar-refractivity contribution in [2.45, 2.75) is 44.6 Å². The third kappa shape index (κ3) is 2.63. The molecule has 0 spiro atoms. The summed E-state index contributed by atoms with van der Waals surface area (Å²) in [5.41, 5.74) is -0.750. The Hall–Kier alpha value is -1.58. The zero-order valence-electron chi connectivity index (χ0n) is 10.4. The number of rotatable bonds is 3. The van der Waals surface area contributed by atoms with E-state index >= 15 is 0 Å². The van der Waals surface area contributed by atoms with Crippen LogP contribution in [0.3, 0.4) is 0 Å². The molecule has 3 nitrogen and oxygen atoms in total. The van der Waals surface area contributed by atoms with Crippen molar-refractivity contribution in [1.29, 1.82) is 0 Å². The molecule has 0 aromatic heterocycles. The number of carboxylic acid groups (broad SMARTS) is 1. The van der Waals surface area contributed by atoms with Crippen molar-refractivity contribution in [2.75, 3.05) is 0 Å². The van der Waals surface area contributed by atoms with Gasteiger partial charge < -0.3 is 9.84 Å². The fraction of sp³-hybridized carbons (Fsp3) is 0.500. The number of carboxylic acids is 1. The van der Waals surface area contributed by atoms with Gasteiger partial charge in [-0.25, -0.2) is 9.18 Å². The summed E-state index contributed by atoms with van der Waals surface area (Å²) in [4.78, 5) is 11.1. The highest BCUT2D eigenvalue weighted by atomic mass is 19.1. The second-order valence-electron chi connectivity index (χ2n) is 5.03. The molecule has 0 bridgehead atoms. The van der Waals surface area contributed by atoms with E-state index in [9.17, 15) is 9.18 Å². The van der Waals surface area contributed by atoms with Crippen LogP contribution in [0.2, 0.25) is 0 Å². The van der Waals surface area contributed by atoms with Gasteiger partial charge in [-0.3, -0.25) is 0 Å². The first-order chi connectivity index (χ1) is 8.52. The molecule has 1 N–H and O–H groups in total. The monoisotopic (exact) mass is 252 g/mol. The molecule has 98 valence electrons. The standard InChI is InChI=1S/C14H17FO3/c1-14(8-3-2-4-9-14)18-11-7-5-6-10(15)12(11)13(16)17/h5-7H,2-4,8-9H2,1H3,(H,16,17). The molecule has 4 heteroatoms. The van der Waals surface area contributed by atoms with Crippen molar-refractivity contribution in [3.63, 3.8) is 0 Å². The molecule has 0 saturated heterocycles. The minimum atomic E-state index is -1.29. The summed E-state index contributed by atoms with van der Waals surface area (Å²) in [5, 5.41) is 9.04. The lowest BCUT2D eigenvalue weighted by atomic mass is 9.86. The van der Waals surface area contributed by atoms with Crippen LogP contribution in [0.5, 0.6) is 5.75 Å². The quantitative estimate of drug-likeness (QED) is 0.893. The Balaban J connectivity index is 2.28. The molecule has 18 heavy (non-hydrogen) atoms. The van der Waals surface area contributed by atoms with E-state index < -0.39 is 11.8 Å². The van der Waals surface area contributed by atoms with E-state index in [1.807, 2.05) is 6.92 Å². The molecule has 1 fully saturated rings. The van der Waals surface area contributed by atoms with E-state index in [1.165, 1.54) is 18.6 Å². The van der Waals surface area contributed by atoms with E-state index in [0.717, 1.165) is 31.7 Å². The predicted octanol–water partition coefficient (Wildman–Crippen LogP) is 3.63. The lowest BCUT2D eigenvalue weighted by Crippen LogP contribution is -2.35. The van der Waals surface area contributed by atoms with Gasteiger partial charge in [0.15, 0.2) is 0 Å². The number of hydrogen-bond donors (Lipinski definition) is 1. The van der Waals surface area contributed by atoms with Gasteiger partial charge in [0, 0.05) is 0 Å². The predicted molar refractivity (Wildman–Crippen MR) is 65.5 cm³/mol. The van der Waals surface area contributed by atoms with Crippen molar-refractivity contribution in [2.24, 2.45) is 0 Å². The summed E-state index contributed by atoms with van der Waals surface area (Å²) < 4.78 is 19.3. The highest BCUT2D eigenvalue weighted by Gasteiger charge is 2.30. The first-order valence-corrected chi connectivity index (χ1v) is 6.23. The van der Waals surface area contributed by atoms with Gasteiger partial charge in [0.1, 0.15) is 22.7 Å². The molecule has 1 aliphatic rings. The Morgan fingerprint density at radius 3 is 2.61 bits per heavy atom. The third-order valence-electron chi connectivity index (χ3n) is 3.46. The van der Waals surface area contributed by atoms with Crippen LogP contribution in [-0.4, -0.2) is 16.7 Å². The number of carbonyl (C=O) groups is 1. The summed E-state index contributed by atoms with van der Waals surface area (Å²) in [6, 6.07) is 4.13. The first-order valence-electron chi connectivity index (χ1n) is 6.23. The Kier molecular flexibility index (Phi) is 3.55. The van der Waals surface area contributed by atoms with E-state index in [0.29, 0.717) is 0 Å². The van der Waals surface area contributed by atoms with E-state index in [1.54, 1.807) is 0 Å². The van der Waals surface area contributed by atoms with Crippen LogP contribution in [0.25, 0.3) is 0 Å². The van der Waals surface area contributed by atoms with Gasteiger partial charge in [0.25, 0.3) is 0 Å². The van der Waals surface area contributed by atoms with Crippen LogP contribution in [0.4, 0.5) is 4.39 Å². The second-order valence-corrected chi connectivity index (χ2v) is 5.03. The van der Waals surface area contributed by atoms with Gasteiger partial charge in [-0.1, -0.05) is 12.5 Å². The second kappa shape index (κ2) is 4.96.